The third-order valence-corrected chi connectivity index (χ3v) is 4.73. The van der Waals surface area contributed by atoms with Gasteiger partial charge in [0.15, 0.2) is 11.5 Å². The molecule has 5 rings (SSSR count). The molecule has 0 saturated heterocycles. The third kappa shape index (κ3) is 2.34. The van der Waals surface area contributed by atoms with Gasteiger partial charge in [-0.2, -0.15) is 10.4 Å². The Morgan fingerprint density at radius 1 is 1.26 bits per heavy atom. The van der Waals surface area contributed by atoms with E-state index in [2.05, 4.69) is 31.1 Å². The molecule has 1 aliphatic heterocycles. The molecule has 0 aromatic carbocycles. The lowest BCUT2D eigenvalue weighted by Crippen LogP contribution is -2.37. The van der Waals surface area contributed by atoms with Crippen molar-refractivity contribution in [3.05, 3.63) is 71.7 Å². The Morgan fingerprint density at radius 2 is 2.15 bits per heavy atom. The molecule has 1 N–H and O–H groups in total. The highest BCUT2D eigenvalue weighted by molar-refractivity contribution is 5.57. The van der Waals surface area contributed by atoms with Crippen LogP contribution in [0.25, 0.3) is 5.52 Å². The minimum atomic E-state index is -0.400. The number of hydrogen-bond donors (Lipinski definition) is 1. The Balaban J connectivity index is 1.72. The van der Waals surface area contributed by atoms with E-state index in [1.165, 1.54) is 16.8 Å². The number of halogens is 1. The number of nitrogens with one attached hydrogen (secondary N) is 1. The second kappa shape index (κ2) is 5.88. The number of rotatable bonds is 2. The van der Waals surface area contributed by atoms with Gasteiger partial charge in [0.05, 0.1) is 17.7 Å². The Morgan fingerprint density at radius 3 is 3.00 bits per heavy atom. The molecule has 0 bridgehead atoms. The van der Waals surface area contributed by atoms with Gasteiger partial charge in [-0.05, 0) is 18.2 Å². The summed E-state index contributed by atoms with van der Waals surface area (Å²) in [6, 6.07) is 6.40. The zero-order chi connectivity index (χ0) is 18.4. The maximum atomic E-state index is 14.2. The standard InChI is InChI=1S/C18H13FN8/c19-11-2-1-6-27-15(11)8-13(25-27)17-16-12(23-10-24-16)3-7-26(17)18-14(9-20)21-4-5-22-18/h1-2,4-6,8,10,17H,3,7H2,(H,23,24). The Kier molecular flexibility index (Phi) is 3.36. The highest BCUT2D eigenvalue weighted by Crippen LogP contribution is 2.36. The summed E-state index contributed by atoms with van der Waals surface area (Å²) in [5.41, 5.74) is 3.03. The number of aromatic amines is 1. The Labute approximate surface area is 152 Å². The fourth-order valence-electron chi connectivity index (χ4n) is 3.56. The van der Waals surface area contributed by atoms with Gasteiger partial charge < -0.3 is 9.88 Å². The average molecular weight is 360 g/mol. The largest absolute Gasteiger partial charge is 0.348 e. The van der Waals surface area contributed by atoms with E-state index in [-0.39, 0.29) is 11.5 Å². The van der Waals surface area contributed by atoms with Gasteiger partial charge >= 0.3 is 0 Å². The number of aromatic nitrogens is 6. The van der Waals surface area contributed by atoms with Crippen LogP contribution < -0.4 is 4.90 Å². The van der Waals surface area contributed by atoms with Gasteiger partial charge in [-0.3, -0.25) is 0 Å². The van der Waals surface area contributed by atoms with Gasteiger partial charge in [-0.25, -0.2) is 23.9 Å². The minimum Gasteiger partial charge on any atom is -0.348 e. The van der Waals surface area contributed by atoms with E-state index in [9.17, 15) is 9.65 Å². The van der Waals surface area contributed by atoms with E-state index >= 15 is 0 Å². The van der Waals surface area contributed by atoms with Crippen LogP contribution in [-0.2, 0) is 6.42 Å². The second-order valence-electron chi connectivity index (χ2n) is 6.21. The summed E-state index contributed by atoms with van der Waals surface area (Å²) in [4.78, 5) is 18.1. The normalized spacial score (nSPS) is 16.3. The molecular weight excluding hydrogens is 347 g/mol. The van der Waals surface area contributed by atoms with Gasteiger partial charge in [-0.1, -0.05) is 0 Å². The van der Waals surface area contributed by atoms with Crippen LogP contribution in [0.5, 0.6) is 0 Å². The molecule has 1 aliphatic rings. The van der Waals surface area contributed by atoms with Crippen LogP contribution in [0.3, 0.4) is 0 Å². The lowest BCUT2D eigenvalue weighted by atomic mass is 9.99. The first-order valence-corrected chi connectivity index (χ1v) is 8.40. The van der Waals surface area contributed by atoms with Crippen molar-refractivity contribution in [3.63, 3.8) is 0 Å². The van der Waals surface area contributed by atoms with E-state index < -0.39 is 6.04 Å². The number of imidazole rings is 1. The average Bonchev–Trinajstić information content (AvgIpc) is 3.34. The number of nitriles is 1. The topological polar surface area (TPSA) is 98.8 Å². The predicted octanol–water partition coefficient (Wildman–Crippen LogP) is 2.01. The quantitative estimate of drug-likeness (QED) is 0.587. The van der Waals surface area contributed by atoms with Crippen molar-refractivity contribution in [2.75, 3.05) is 11.4 Å². The van der Waals surface area contributed by atoms with Crippen molar-refractivity contribution in [2.24, 2.45) is 0 Å². The first-order chi connectivity index (χ1) is 13.3. The molecule has 8 nitrogen and oxygen atoms in total. The molecule has 0 aliphatic carbocycles. The van der Waals surface area contributed by atoms with Crippen LogP contribution in [0.2, 0.25) is 0 Å². The SMILES string of the molecule is N#Cc1nccnc1N1CCc2[nH]cnc2C1c1cc2c(F)cccn2n1. The van der Waals surface area contributed by atoms with Crippen LogP contribution in [-0.4, -0.2) is 36.1 Å². The van der Waals surface area contributed by atoms with Gasteiger partial charge in [0.25, 0.3) is 0 Å². The van der Waals surface area contributed by atoms with Crippen LogP contribution >= 0.6 is 0 Å². The fraction of sp³-hybridized carbons (Fsp3) is 0.167. The predicted molar refractivity (Wildman–Crippen MR) is 93.4 cm³/mol. The lowest BCUT2D eigenvalue weighted by Gasteiger charge is -2.34. The number of anilines is 1. The molecule has 0 amide bonds. The smallest absolute Gasteiger partial charge is 0.183 e. The molecule has 27 heavy (non-hydrogen) atoms. The van der Waals surface area contributed by atoms with Crippen LogP contribution in [0, 0.1) is 17.1 Å². The molecule has 1 atom stereocenters. The van der Waals surface area contributed by atoms with E-state index in [4.69, 9.17) is 0 Å². The molecule has 5 heterocycles. The zero-order valence-electron chi connectivity index (χ0n) is 14.0. The van der Waals surface area contributed by atoms with Gasteiger partial charge in [0.2, 0.25) is 0 Å². The van der Waals surface area contributed by atoms with Crippen LogP contribution in [0.15, 0.2) is 43.1 Å². The molecule has 4 aromatic heterocycles. The summed E-state index contributed by atoms with van der Waals surface area (Å²) in [6.07, 6.45) is 7.09. The van der Waals surface area contributed by atoms with E-state index in [1.807, 2.05) is 4.90 Å². The number of pyridine rings is 1. The summed E-state index contributed by atoms with van der Waals surface area (Å²) in [6.45, 7) is 0.601. The molecule has 4 aromatic rings. The zero-order valence-corrected chi connectivity index (χ0v) is 14.0. The van der Waals surface area contributed by atoms with Crippen molar-refractivity contribution in [3.8, 4) is 6.07 Å². The van der Waals surface area contributed by atoms with Crippen molar-refractivity contribution in [1.82, 2.24) is 29.5 Å². The molecular formula is C18H13FN8. The van der Waals surface area contributed by atoms with Crippen molar-refractivity contribution < 1.29 is 4.39 Å². The summed E-state index contributed by atoms with van der Waals surface area (Å²) in [7, 11) is 0. The van der Waals surface area contributed by atoms with Crippen molar-refractivity contribution >= 4 is 11.3 Å². The van der Waals surface area contributed by atoms with Crippen molar-refractivity contribution in [2.45, 2.75) is 12.5 Å². The number of H-pyrrole nitrogens is 1. The summed E-state index contributed by atoms with van der Waals surface area (Å²) >= 11 is 0. The Hall–Kier alpha value is -3.80. The molecule has 0 fully saturated rings. The molecule has 0 radical (unpaired) electrons. The Bertz CT molecular complexity index is 1190. The summed E-state index contributed by atoms with van der Waals surface area (Å²) in [5.74, 6) is 0.120. The van der Waals surface area contributed by atoms with Gasteiger partial charge in [-0.15, -0.1) is 0 Å². The number of nitrogens with zero attached hydrogens (tertiary/aromatic N) is 7. The molecule has 0 saturated carbocycles. The number of hydrogen-bond acceptors (Lipinski definition) is 6. The molecule has 1 unspecified atom stereocenters. The maximum absolute atomic E-state index is 14.2. The minimum absolute atomic E-state index is 0.233. The first-order valence-electron chi connectivity index (χ1n) is 8.40. The first kappa shape index (κ1) is 15.5. The molecule has 9 heteroatoms. The highest BCUT2D eigenvalue weighted by atomic mass is 19.1. The monoisotopic (exact) mass is 360 g/mol. The second-order valence-corrected chi connectivity index (χ2v) is 6.21. The number of fused-ring (bicyclic) bond motifs is 2. The van der Waals surface area contributed by atoms with Crippen molar-refractivity contribution in [1.29, 1.82) is 5.26 Å². The van der Waals surface area contributed by atoms with E-state index in [0.29, 0.717) is 23.6 Å². The van der Waals surface area contributed by atoms with Crippen LogP contribution in [0.4, 0.5) is 10.2 Å². The fourth-order valence-corrected chi connectivity index (χ4v) is 3.56. The van der Waals surface area contributed by atoms with Gasteiger partial charge in [0, 0.05) is 37.3 Å². The summed E-state index contributed by atoms with van der Waals surface area (Å²) < 4.78 is 15.7. The van der Waals surface area contributed by atoms with Gasteiger partial charge in [0.1, 0.15) is 23.4 Å². The third-order valence-electron chi connectivity index (χ3n) is 4.73. The summed E-state index contributed by atoms with van der Waals surface area (Å²) in [5, 5.41) is 14.0. The highest BCUT2D eigenvalue weighted by Gasteiger charge is 2.35. The molecule has 0 spiro atoms. The maximum Gasteiger partial charge on any atom is 0.183 e. The lowest BCUT2D eigenvalue weighted by molar-refractivity contribution is 0.607. The van der Waals surface area contributed by atoms with Crippen LogP contribution in [0.1, 0.15) is 28.8 Å². The molecule has 132 valence electrons. The van der Waals surface area contributed by atoms with E-state index in [1.54, 1.807) is 30.9 Å². The van der Waals surface area contributed by atoms with E-state index in [0.717, 1.165) is 17.8 Å².